The van der Waals surface area contributed by atoms with Gasteiger partial charge in [0.25, 0.3) is 0 Å². The van der Waals surface area contributed by atoms with E-state index >= 15 is 0 Å². The third-order valence-corrected chi connectivity index (χ3v) is 5.55. The number of nitrogens with zero attached hydrogens (tertiary/aromatic N) is 4. The van der Waals surface area contributed by atoms with E-state index in [1.54, 1.807) is 13.2 Å². The number of nitrogens with one attached hydrogen (secondary N) is 1. The molecule has 2 aliphatic carbocycles. The van der Waals surface area contributed by atoms with Crippen LogP contribution in [0, 0.1) is 11.8 Å². The summed E-state index contributed by atoms with van der Waals surface area (Å²) >= 11 is 0. The molecule has 1 amide bonds. The van der Waals surface area contributed by atoms with Crippen LogP contribution >= 0.6 is 0 Å². The molecule has 0 bridgehead atoms. The summed E-state index contributed by atoms with van der Waals surface area (Å²) in [6, 6.07) is 5.80. The van der Waals surface area contributed by atoms with Crippen LogP contribution in [0.25, 0.3) is 5.82 Å². The lowest BCUT2D eigenvalue weighted by molar-refractivity contribution is -0.120. The smallest absolute Gasteiger partial charge is 0.227 e. The van der Waals surface area contributed by atoms with Crippen LogP contribution in [-0.4, -0.2) is 32.7 Å². The van der Waals surface area contributed by atoms with Crippen molar-refractivity contribution in [2.75, 3.05) is 7.05 Å². The van der Waals surface area contributed by atoms with Crippen molar-refractivity contribution in [1.82, 2.24) is 25.1 Å². The standard InChI is InChI=1S/C18H23N5O/c1-19-17(24)11-15-21-18(14-9-8-12-5-4-6-13(12)14)23(22-15)16-7-2-3-10-20-16/h2-3,7,10,12-14H,4-6,8-9,11H2,1H3,(H,19,24)/t12-,13-,14-/m0/s1. The van der Waals surface area contributed by atoms with Gasteiger partial charge in [0.1, 0.15) is 5.82 Å². The van der Waals surface area contributed by atoms with Crippen molar-refractivity contribution in [2.45, 2.75) is 44.4 Å². The number of fused-ring (bicyclic) bond motifs is 1. The van der Waals surface area contributed by atoms with Crippen molar-refractivity contribution in [1.29, 1.82) is 0 Å². The zero-order valence-electron chi connectivity index (χ0n) is 14.0. The van der Waals surface area contributed by atoms with E-state index in [0.29, 0.717) is 17.7 Å². The summed E-state index contributed by atoms with van der Waals surface area (Å²) in [7, 11) is 1.64. The molecule has 2 aromatic heterocycles. The van der Waals surface area contributed by atoms with Crippen molar-refractivity contribution in [3.8, 4) is 5.82 Å². The molecular weight excluding hydrogens is 302 g/mol. The fraction of sp³-hybridized carbons (Fsp3) is 0.556. The Labute approximate surface area is 141 Å². The van der Waals surface area contributed by atoms with Crippen molar-refractivity contribution in [3.63, 3.8) is 0 Å². The topological polar surface area (TPSA) is 72.7 Å². The first-order valence-corrected chi connectivity index (χ1v) is 8.84. The second kappa shape index (κ2) is 6.34. The highest BCUT2D eigenvalue weighted by atomic mass is 16.1. The molecule has 2 saturated carbocycles. The predicted molar refractivity (Wildman–Crippen MR) is 89.7 cm³/mol. The highest BCUT2D eigenvalue weighted by Gasteiger charge is 2.42. The zero-order chi connectivity index (χ0) is 16.5. The van der Waals surface area contributed by atoms with Gasteiger partial charge in [0.05, 0.1) is 6.42 Å². The molecule has 2 heterocycles. The van der Waals surface area contributed by atoms with Gasteiger partial charge in [0.2, 0.25) is 5.91 Å². The second-order valence-electron chi connectivity index (χ2n) is 6.87. The van der Waals surface area contributed by atoms with Gasteiger partial charge in [-0.1, -0.05) is 18.9 Å². The number of rotatable bonds is 4. The molecule has 4 rings (SSSR count). The lowest BCUT2D eigenvalue weighted by Gasteiger charge is -2.18. The van der Waals surface area contributed by atoms with Crippen molar-refractivity contribution in [3.05, 3.63) is 36.0 Å². The van der Waals surface area contributed by atoms with E-state index in [0.717, 1.165) is 17.6 Å². The van der Waals surface area contributed by atoms with Crippen molar-refractivity contribution < 1.29 is 4.79 Å². The Bertz CT molecular complexity index is 726. The van der Waals surface area contributed by atoms with Crippen LogP contribution in [0.1, 0.15) is 49.7 Å². The third kappa shape index (κ3) is 2.70. The molecule has 0 saturated heterocycles. The Morgan fingerprint density at radius 3 is 3.00 bits per heavy atom. The van der Waals surface area contributed by atoms with Crippen LogP contribution in [0.5, 0.6) is 0 Å². The van der Waals surface area contributed by atoms with Crippen LogP contribution in [0.15, 0.2) is 24.4 Å². The number of carbonyl (C=O) groups excluding carboxylic acids is 1. The maximum Gasteiger partial charge on any atom is 0.227 e. The average molecular weight is 325 g/mol. The van der Waals surface area contributed by atoms with E-state index in [9.17, 15) is 4.79 Å². The van der Waals surface area contributed by atoms with E-state index in [1.807, 2.05) is 22.9 Å². The normalized spacial score (nSPS) is 25.6. The molecule has 0 aromatic carbocycles. The van der Waals surface area contributed by atoms with Crippen LogP contribution in [0.4, 0.5) is 0 Å². The summed E-state index contributed by atoms with van der Waals surface area (Å²) in [4.78, 5) is 20.9. The first kappa shape index (κ1) is 15.3. The van der Waals surface area contributed by atoms with E-state index in [4.69, 9.17) is 4.98 Å². The molecule has 24 heavy (non-hydrogen) atoms. The van der Waals surface area contributed by atoms with Gasteiger partial charge >= 0.3 is 0 Å². The predicted octanol–water partition coefficient (Wildman–Crippen LogP) is 2.24. The summed E-state index contributed by atoms with van der Waals surface area (Å²) in [6.07, 6.45) is 8.40. The minimum atomic E-state index is -0.0649. The Hall–Kier alpha value is -2.24. The molecule has 6 nitrogen and oxygen atoms in total. The summed E-state index contributed by atoms with van der Waals surface area (Å²) in [6.45, 7) is 0. The van der Waals surface area contributed by atoms with Crippen LogP contribution in [-0.2, 0) is 11.2 Å². The summed E-state index contributed by atoms with van der Waals surface area (Å²) in [5.74, 6) is 4.27. The minimum Gasteiger partial charge on any atom is -0.359 e. The van der Waals surface area contributed by atoms with Gasteiger partial charge in [-0.3, -0.25) is 4.79 Å². The minimum absolute atomic E-state index is 0.0649. The Balaban J connectivity index is 1.72. The van der Waals surface area contributed by atoms with E-state index in [-0.39, 0.29) is 12.3 Å². The molecule has 2 fully saturated rings. The maximum absolute atomic E-state index is 11.7. The Morgan fingerprint density at radius 1 is 1.29 bits per heavy atom. The molecule has 0 aliphatic heterocycles. The van der Waals surface area contributed by atoms with Gasteiger partial charge in [-0.25, -0.2) is 9.97 Å². The molecule has 2 aliphatic rings. The molecule has 3 atom stereocenters. The van der Waals surface area contributed by atoms with E-state index in [1.165, 1.54) is 32.1 Å². The molecule has 2 aromatic rings. The van der Waals surface area contributed by atoms with Crippen LogP contribution < -0.4 is 5.32 Å². The summed E-state index contributed by atoms with van der Waals surface area (Å²) in [5, 5.41) is 7.25. The quantitative estimate of drug-likeness (QED) is 0.936. The SMILES string of the molecule is CNC(=O)Cc1nc([C@H]2CC[C@@H]3CCC[C@@H]32)n(-c2ccccn2)n1. The Morgan fingerprint density at radius 2 is 2.21 bits per heavy atom. The fourth-order valence-corrected chi connectivity index (χ4v) is 4.45. The van der Waals surface area contributed by atoms with E-state index < -0.39 is 0 Å². The first-order chi connectivity index (χ1) is 11.8. The van der Waals surface area contributed by atoms with Gasteiger partial charge in [-0.05, 0) is 43.2 Å². The Kier molecular flexibility index (Phi) is 4.04. The number of carbonyl (C=O) groups is 1. The molecule has 0 unspecified atom stereocenters. The highest BCUT2D eigenvalue weighted by Crippen LogP contribution is 2.51. The lowest BCUT2D eigenvalue weighted by atomic mass is 9.91. The monoisotopic (exact) mass is 325 g/mol. The lowest BCUT2D eigenvalue weighted by Crippen LogP contribution is -2.20. The van der Waals surface area contributed by atoms with Gasteiger partial charge in [-0.2, -0.15) is 4.68 Å². The molecule has 6 heteroatoms. The fourth-order valence-electron chi connectivity index (χ4n) is 4.45. The van der Waals surface area contributed by atoms with Gasteiger partial charge < -0.3 is 5.32 Å². The maximum atomic E-state index is 11.7. The second-order valence-corrected chi connectivity index (χ2v) is 6.87. The zero-order valence-corrected chi connectivity index (χ0v) is 14.0. The van der Waals surface area contributed by atoms with Crippen molar-refractivity contribution in [2.24, 2.45) is 11.8 Å². The number of hydrogen-bond donors (Lipinski definition) is 1. The highest BCUT2D eigenvalue weighted by molar-refractivity contribution is 5.77. The molecule has 1 N–H and O–H groups in total. The van der Waals surface area contributed by atoms with Crippen LogP contribution in [0.2, 0.25) is 0 Å². The number of amides is 1. The number of likely N-dealkylation sites (N-methyl/N-ethyl adjacent to an activating group) is 1. The molecule has 0 radical (unpaired) electrons. The first-order valence-electron chi connectivity index (χ1n) is 8.84. The molecular formula is C18H23N5O. The number of pyridine rings is 1. The summed E-state index contributed by atoms with van der Waals surface area (Å²) < 4.78 is 1.86. The van der Waals surface area contributed by atoms with E-state index in [2.05, 4.69) is 15.4 Å². The van der Waals surface area contributed by atoms with Gasteiger partial charge in [0.15, 0.2) is 11.6 Å². The number of hydrogen-bond acceptors (Lipinski definition) is 4. The summed E-state index contributed by atoms with van der Waals surface area (Å²) in [5.41, 5.74) is 0. The molecule has 126 valence electrons. The largest absolute Gasteiger partial charge is 0.359 e. The third-order valence-electron chi connectivity index (χ3n) is 5.55. The molecule has 0 spiro atoms. The van der Waals surface area contributed by atoms with Crippen LogP contribution in [0.3, 0.4) is 0 Å². The van der Waals surface area contributed by atoms with Gasteiger partial charge in [-0.15, -0.1) is 5.10 Å². The van der Waals surface area contributed by atoms with Crippen molar-refractivity contribution >= 4 is 5.91 Å². The number of aromatic nitrogens is 4. The van der Waals surface area contributed by atoms with Gasteiger partial charge in [0, 0.05) is 19.2 Å². The average Bonchev–Trinajstić information content (AvgIpc) is 3.30.